The minimum Gasteiger partial charge on any atom is -0.457 e. The summed E-state index contributed by atoms with van der Waals surface area (Å²) in [6.45, 7) is 12.0. The first-order valence-corrected chi connectivity index (χ1v) is 13.5. The zero-order valence-electron chi connectivity index (χ0n) is 23.5. The van der Waals surface area contributed by atoms with Crippen molar-refractivity contribution in [1.82, 2.24) is 26.1 Å². The highest BCUT2D eigenvalue weighted by Crippen LogP contribution is 2.28. The number of pyridine rings is 1. The zero-order valence-corrected chi connectivity index (χ0v) is 23.5. The van der Waals surface area contributed by atoms with Crippen molar-refractivity contribution in [3.63, 3.8) is 0 Å². The summed E-state index contributed by atoms with van der Waals surface area (Å²) in [6.07, 6.45) is 12.0. The van der Waals surface area contributed by atoms with Crippen LogP contribution in [0.25, 0.3) is 16.8 Å². The molecule has 1 fully saturated rings. The molecule has 1 aromatic carbocycles. The average Bonchev–Trinajstić information content (AvgIpc) is 2.94. The van der Waals surface area contributed by atoms with Gasteiger partial charge in [-0.2, -0.15) is 0 Å². The molecule has 9 heteroatoms. The minimum absolute atomic E-state index is 0.105. The van der Waals surface area contributed by atoms with E-state index in [-0.39, 0.29) is 12.3 Å². The number of rotatable bonds is 1. The summed E-state index contributed by atoms with van der Waals surface area (Å²) >= 11 is 0. The number of terminal acetylenes is 1. The van der Waals surface area contributed by atoms with Crippen LogP contribution in [0.2, 0.25) is 0 Å². The molecule has 0 radical (unpaired) electrons. The monoisotopic (exact) mass is 543 g/mol. The molecule has 5 bridgehead atoms. The van der Waals surface area contributed by atoms with Gasteiger partial charge >= 0.3 is 5.97 Å². The van der Waals surface area contributed by atoms with E-state index in [2.05, 4.69) is 33.5 Å². The second-order valence-corrected chi connectivity index (χ2v) is 11.0. The lowest BCUT2D eigenvalue weighted by molar-refractivity contribution is -0.157. The van der Waals surface area contributed by atoms with Crippen LogP contribution < -0.4 is 16.1 Å². The fourth-order valence-electron chi connectivity index (χ4n) is 4.69. The number of benzene rings is 1. The SMILES string of the molecule is C#CC[C@@H]1NC(=C)C(C)(C)/C=C/c2cc3cc(ccc3cn2)[C@@H](C)OC(=O)[C@@H]2CCCN(N2)C(=O)[C@H](C)NC1=O. The molecule has 0 spiro atoms. The molecular formula is C31H37N5O4. The van der Waals surface area contributed by atoms with Crippen molar-refractivity contribution in [3.05, 3.63) is 60.1 Å². The number of esters is 1. The van der Waals surface area contributed by atoms with Gasteiger partial charge < -0.3 is 15.4 Å². The predicted octanol–water partition coefficient (Wildman–Crippen LogP) is 3.39. The van der Waals surface area contributed by atoms with Gasteiger partial charge in [0.2, 0.25) is 5.91 Å². The molecule has 0 unspecified atom stereocenters. The number of amides is 2. The molecule has 9 nitrogen and oxygen atoms in total. The lowest BCUT2D eigenvalue weighted by Gasteiger charge is -2.35. The second kappa shape index (κ2) is 11.9. The van der Waals surface area contributed by atoms with E-state index in [1.165, 1.54) is 5.01 Å². The van der Waals surface area contributed by atoms with Gasteiger partial charge in [-0.05, 0) is 55.8 Å². The van der Waals surface area contributed by atoms with Crippen LogP contribution in [0.1, 0.15) is 64.3 Å². The number of cyclic esters (lactones) is 1. The van der Waals surface area contributed by atoms with Crippen LogP contribution in [-0.2, 0) is 19.1 Å². The van der Waals surface area contributed by atoms with Gasteiger partial charge in [0.05, 0.1) is 5.69 Å². The normalized spacial score (nSPS) is 26.8. The van der Waals surface area contributed by atoms with E-state index < -0.39 is 41.5 Å². The number of carbonyl (C=O) groups excluding carboxylic acids is 3. The first-order valence-electron chi connectivity index (χ1n) is 13.5. The number of hydrogen-bond donors (Lipinski definition) is 3. The van der Waals surface area contributed by atoms with Crippen LogP contribution in [0, 0.1) is 17.8 Å². The molecule has 210 valence electrons. The van der Waals surface area contributed by atoms with E-state index in [0.29, 0.717) is 25.1 Å². The topological polar surface area (TPSA) is 113 Å². The first-order chi connectivity index (χ1) is 19.0. The average molecular weight is 544 g/mol. The highest BCUT2D eigenvalue weighted by atomic mass is 16.5. The number of hydrazine groups is 1. The van der Waals surface area contributed by atoms with Gasteiger partial charge in [0.25, 0.3) is 5.91 Å². The summed E-state index contributed by atoms with van der Waals surface area (Å²) in [5.41, 5.74) is 4.64. The van der Waals surface area contributed by atoms with E-state index in [0.717, 1.165) is 22.0 Å². The summed E-state index contributed by atoms with van der Waals surface area (Å²) in [7, 11) is 0. The molecule has 2 amide bonds. The van der Waals surface area contributed by atoms with Gasteiger partial charge in [-0.15, -0.1) is 12.3 Å². The predicted molar refractivity (Wildman–Crippen MR) is 154 cm³/mol. The summed E-state index contributed by atoms with van der Waals surface area (Å²) in [5, 5.41) is 9.23. The van der Waals surface area contributed by atoms with E-state index in [1.807, 2.05) is 57.2 Å². The van der Waals surface area contributed by atoms with Crippen LogP contribution in [0.3, 0.4) is 0 Å². The quantitative estimate of drug-likeness (QED) is 0.373. The molecule has 1 saturated heterocycles. The molecule has 2 aliphatic rings. The Morgan fingerprint density at radius 3 is 2.70 bits per heavy atom. The number of carbonyl (C=O) groups is 3. The summed E-state index contributed by atoms with van der Waals surface area (Å²) in [5.74, 6) is 1.31. The Bertz CT molecular complexity index is 1390. The van der Waals surface area contributed by atoms with Gasteiger partial charge in [-0.3, -0.25) is 24.4 Å². The highest BCUT2D eigenvalue weighted by Gasteiger charge is 2.33. The van der Waals surface area contributed by atoms with Crippen molar-refractivity contribution < 1.29 is 19.1 Å². The Balaban J connectivity index is 1.70. The van der Waals surface area contributed by atoms with Gasteiger partial charge in [-0.25, -0.2) is 5.43 Å². The van der Waals surface area contributed by atoms with E-state index in [4.69, 9.17) is 11.2 Å². The molecule has 1 aromatic heterocycles. The van der Waals surface area contributed by atoms with E-state index in [1.54, 1.807) is 13.1 Å². The van der Waals surface area contributed by atoms with Gasteiger partial charge in [-0.1, -0.05) is 38.6 Å². The molecule has 0 saturated carbocycles. The summed E-state index contributed by atoms with van der Waals surface area (Å²) in [6, 6.07) is 5.53. The van der Waals surface area contributed by atoms with Crippen molar-refractivity contribution in [3.8, 4) is 12.3 Å². The largest absolute Gasteiger partial charge is 0.457 e. The van der Waals surface area contributed by atoms with Gasteiger partial charge in [0.1, 0.15) is 24.2 Å². The number of nitrogens with one attached hydrogen (secondary N) is 3. The highest BCUT2D eigenvalue weighted by molar-refractivity contribution is 5.90. The molecule has 4 rings (SSSR count). The number of aromatic nitrogens is 1. The van der Waals surface area contributed by atoms with Crippen molar-refractivity contribution >= 4 is 34.6 Å². The Morgan fingerprint density at radius 2 is 1.95 bits per heavy atom. The third-order valence-electron chi connectivity index (χ3n) is 7.43. The minimum atomic E-state index is -0.852. The van der Waals surface area contributed by atoms with E-state index >= 15 is 0 Å². The molecular weight excluding hydrogens is 506 g/mol. The molecule has 3 heterocycles. The Hall–Kier alpha value is -4.16. The number of fused-ring (bicyclic) bond motifs is 4. The first kappa shape index (κ1) is 28.8. The van der Waals surface area contributed by atoms with Crippen molar-refractivity contribution in [2.45, 2.75) is 71.2 Å². The maximum atomic E-state index is 13.2. The van der Waals surface area contributed by atoms with Gasteiger partial charge in [0.15, 0.2) is 0 Å². The molecule has 2 aliphatic heterocycles. The Kier molecular flexibility index (Phi) is 8.60. The fraction of sp³-hybridized carbons (Fsp3) is 0.419. The van der Waals surface area contributed by atoms with Crippen LogP contribution in [0.15, 0.2) is 48.8 Å². The molecule has 2 aromatic rings. The molecule has 40 heavy (non-hydrogen) atoms. The third kappa shape index (κ3) is 6.52. The number of allylic oxidation sites excluding steroid dienone is 1. The molecule has 3 N–H and O–H groups in total. The van der Waals surface area contributed by atoms with Gasteiger partial charge in [0, 0.05) is 35.7 Å². The molecule has 0 aliphatic carbocycles. The lowest BCUT2D eigenvalue weighted by atomic mass is 9.88. The van der Waals surface area contributed by atoms with Crippen molar-refractivity contribution in [2.24, 2.45) is 5.41 Å². The number of nitrogens with zero attached hydrogens (tertiary/aromatic N) is 2. The van der Waals surface area contributed by atoms with Crippen LogP contribution in [0.5, 0.6) is 0 Å². The zero-order chi connectivity index (χ0) is 29.0. The Morgan fingerprint density at radius 1 is 1.18 bits per heavy atom. The maximum absolute atomic E-state index is 13.2. The Labute approximate surface area is 235 Å². The summed E-state index contributed by atoms with van der Waals surface area (Å²) < 4.78 is 5.80. The standard InChI is InChI=1S/C31H37N5O4/c1-7-9-26-28(37)33-19(2)29(38)36-15-8-10-27(35-36)30(39)40-20(3)22-11-12-23-18-32-25(17-24(23)16-22)13-14-31(5,6)21(4)34-26/h1,11-14,16-20,26-27,34-35H,4,8-10,15H2,2-3,5-6H3,(H,33,37)/b14-13+/t19-,20+,26-,27-/m0/s1. The fourth-order valence-corrected chi connectivity index (χ4v) is 4.69. The maximum Gasteiger partial charge on any atom is 0.325 e. The van der Waals surface area contributed by atoms with Crippen LogP contribution in [-0.4, -0.2) is 52.4 Å². The number of hydrogen-bond acceptors (Lipinski definition) is 7. The lowest BCUT2D eigenvalue weighted by Crippen LogP contribution is -2.60. The summed E-state index contributed by atoms with van der Waals surface area (Å²) in [4.78, 5) is 44.0. The third-order valence-corrected chi connectivity index (χ3v) is 7.43. The van der Waals surface area contributed by atoms with Crippen molar-refractivity contribution in [2.75, 3.05) is 6.54 Å². The van der Waals surface area contributed by atoms with Crippen molar-refractivity contribution in [1.29, 1.82) is 0 Å². The van der Waals surface area contributed by atoms with Crippen LogP contribution in [0.4, 0.5) is 0 Å². The smallest absolute Gasteiger partial charge is 0.325 e. The number of ether oxygens (including phenoxy) is 1. The van der Waals surface area contributed by atoms with E-state index in [9.17, 15) is 14.4 Å². The van der Waals surface area contributed by atoms with Crippen LogP contribution >= 0.6 is 0 Å². The molecule has 4 atom stereocenters. The second-order valence-electron chi connectivity index (χ2n) is 11.0.